The van der Waals surface area contributed by atoms with Crippen molar-refractivity contribution in [1.82, 2.24) is 4.90 Å². The molecule has 1 heterocycles. The maximum absolute atomic E-state index is 13.0. The highest BCUT2D eigenvalue weighted by Gasteiger charge is 2.28. The molecule has 2 heteroatoms. The van der Waals surface area contributed by atoms with Gasteiger partial charge in [-0.3, -0.25) is 4.90 Å². The van der Waals surface area contributed by atoms with Crippen LogP contribution in [0.25, 0.3) is 0 Å². The van der Waals surface area contributed by atoms with Crippen molar-refractivity contribution in [2.24, 2.45) is 5.92 Å². The second-order valence-corrected chi connectivity index (χ2v) is 5.53. The smallest absolute Gasteiger partial charge is 0.123 e. The summed E-state index contributed by atoms with van der Waals surface area (Å²) in [4.78, 5) is 2.53. The minimum Gasteiger partial charge on any atom is -0.294 e. The Kier molecular flexibility index (Phi) is 3.82. The van der Waals surface area contributed by atoms with E-state index in [9.17, 15) is 4.39 Å². The average Bonchev–Trinajstić information content (AvgIpc) is 2.29. The molecule has 0 spiro atoms. The van der Waals surface area contributed by atoms with Crippen molar-refractivity contribution in [3.8, 4) is 0 Å². The highest BCUT2D eigenvalue weighted by molar-refractivity contribution is 5.20. The fraction of sp³-hybridized carbons (Fsp3) is 0.600. The van der Waals surface area contributed by atoms with E-state index in [2.05, 4.69) is 25.7 Å². The van der Waals surface area contributed by atoms with Gasteiger partial charge in [-0.05, 0) is 56.8 Å². The van der Waals surface area contributed by atoms with E-state index in [1.165, 1.54) is 18.4 Å². The zero-order chi connectivity index (χ0) is 12.4. The van der Waals surface area contributed by atoms with Crippen molar-refractivity contribution < 1.29 is 4.39 Å². The Balaban J connectivity index is 2.22. The first-order valence-corrected chi connectivity index (χ1v) is 6.59. The molecule has 0 aliphatic carbocycles. The molecule has 1 aliphatic rings. The summed E-state index contributed by atoms with van der Waals surface area (Å²) in [6.07, 6.45) is 2.46. The predicted octanol–water partition coefficient (Wildman–Crippen LogP) is 4.01. The molecule has 0 bridgehead atoms. The number of nitrogens with zero attached hydrogens (tertiary/aromatic N) is 1. The van der Waals surface area contributed by atoms with Crippen LogP contribution in [0.15, 0.2) is 24.3 Å². The third-order valence-electron chi connectivity index (χ3n) is 3.82. The van der Waals surface area contributed by atoms with E-state index >= 15 is 0 Å². The zero-order valence-corrected chi connectivity index (χ0v) is 11.0. The standard InChI is InChI=1S/C15H22FN/c1-11(2)17-9-8-12(3)10-15(17)13-4-6-14(16)7-5-13/h4-7,11-12,15H,8-10H2,1-3H3/t12-,15+/m1/s1. The molecule has 2 atom stereocenters. The van der Waals surface area contributed by atoms with Crippen molar-refractivity contribution in [2.45, 2.75) is 45.7 Å². The monoisotopic (exact) mass is 235 g/mol. The highest BCUT2D eigenvalue weighted by atomic mass is 19.1. The molecule has 2 rings (SSSR count). The number of rotatable bonds is 2. The van der Waals surface area contributed by atoms with Crippen LogP contribution in [0.1, 0.15) is 45.2 Å². The maximum Gasteiger partial charge on any atom is 0.123 e. The fourth-order valence-electron chi connectivity index (χ4n) is 2.79. The number of hydrogen-bond acceptors (Lipinski definition) is 1. The summed E-state index contributed by atoms with van der Waals surface area (Å²) in [7, 11) is 0. The number of hydrogen-bond donors (Lipinski definition) is 0. The van der Waals surface area contributed by atoms with Crippen LogP contribution >= 0.6 is 0 Å². The first-order valence-electron chi connectivity index (χ1n) is 6.59. The summed E-state index contributed by atoms with van der Waals surface area (Å²) in [5, 5.41) is 0. The van der Waals surface area contributed by atoms with E-state index in [4.69, 9.17) is 0 Å². The largest absolute Gasteiger partial charge is 0.294 e. The van der Waals surface area contributed by atoms with Gasteiger partial charge in [0.25, 0.3) is 0 Å². The molecule has 1 fully saturated rings. The number of piperidine rings is 1. The Morgan fingerprint density at radius 3 is 2.47 bits per heavy atom. The summed E-state index contributed by atoms with van der Waals surface area (Å²) in [6, 6.07) is 8.04. The van der Waals surface area contributed by atoms with Gasteiger partial charge in [-0.25, -0.2) is 4.39 Å². The highest BCUT2D eigenvalue weighted by Crippen LogP contribution is 2.35. The second-order valence-electron chi connectivity index (χ2n) is 5.53. The van der Waals surface area contributed by atoms with Gasteiger partial charge in [0.05, 0.1) is 0 Å². The van der Waals surface area contributed by atoms with Crippen LogP contribution in [-0.4, -0.2) is 17.5 Å². The Bertz CT molecular complexity index is 358. The van der Waals surface area contributed by atoms with Crippen LogP contribution in [0, 0.1) is 11.7 Å². The predicted molar refractivity (Wildman–Crippen MR) is 69.4 cm³/mol. The van der Waals surface area contributed by atoms with Crippen molar-refractivity contribution in [3.63, 3.8) is 0 Å². The minimum absolute atomic E-state index is 0.145. The topological polar surface area (TPSA) is 3.24 Å². The van der Waals surface area contributed by atoms with E-state index in [1.807, 2.05) is 12.1 Å². The van der Waals surface area contributed by atoms with Crippen molar-refractivity contribution in [3.05, 3.63) is 35.6 Å². The Labute approximate surface area is 104 Å². The van der Waals surface area contributed by atoms with Gasteiger partial charge in [0.1, 0.15) is 5.82 Å². The van der Waals surface area contributed by atoms with Crippen molar-refractivity contribution in [2.75, 3.05) is 6.54 Å². The summed E-state index contributed by atoms with van der Waals surface area (Å²) in [6.45, 7) is 7.95. The lowest BCUT2D eigenvalue weighted by atomic mass is 9.87. The zero-order valence-electron chi connectivity index (χ0n) is 11.0. The number of benzene rings is 1. The molecule has 17 heavy (non-hydrogen) atoms. The molecule has 0 radical (unpaired) electrons. The van der Waals surface area contributed by atoms with Crippen LogP contribution in [0.5, 0.6) is 0 Å². The lowest BCUT2D eigenvalue weighted by Crippen LogP contribution is -2.40. The first-order chi connectivity index (χ1) is 8.08. The van der Waals surface area contributed by atoms with Gasteiger partial charge in [-0.1, -0.05) is 19.1 Å². The lowest BCUT2D eigenvalue weighted by molar-refractivity contribution is 0.0862. The van der Waals surface area contributed by atoms with E-state index in [0.29, 0.717) is 12.1 Å². The van der Waals surface area contributed by atoms with E-state index < -0.39 is 0 Å². The molecule has 1 saturated heterocycles. The van der Waals surface area contributed by atoms with Crippen LogP contribution in [0.4, 0.5) is 4.39 Å². The van der Waals surface area contributed by atoms with Gasteiger partial charge in [-0.2, -0.15) is 0 Å². The second kappa shape index (κ2) is 5.18. The summed E-state index contributed by atoms with van der Waals surface area (Å²) in [5.41, 5.74) is 1.26. The third-order valence-corrected chi connectivity index (χ3v) is 3.82. The molecule has 1 aliphatic heterocycles. The number of halogens is 1. The third kappa shape index (κ3) is 2.86. The molecule has 1 aromatic carbocycles. The van der Waals surface area contributed by atoms with E-state index in [1.54, 1.807) is 12.1 Å². The summed E-state index contributed by atoms with van der Waals surface area (Å²) in [5.74, 6) is 0.619. The molecule has 94 valence electrons. The Hall–Kier alpha value is -0.890. The van der Waals surface area contributed by atoms with Gasteiger partial charge < -0.3 is 0 Å². The fourth-order valence-corrected chi connectivity index (χ4v) is 2.79. The lowest BCUT2D eigenvalue weighted by Gasteiger charge is -2.41. The van der Waals surface area contributed by atoms with Crippen LogP contribution in [0.2, 0.25) is 0 Å². The van der Waals surface area contributed by atoms with Gasteiger partial charge in [0.15, 0.2) is 0 Å². The van der Waals surface area contributed by atoms with Gasteiger partial charge in [0.2, 0.25) is 0 Å². The Morgan fingerprint density at radius 2 is 1.88 bits per heavy atom. The molecule has 0 amide bonds. The minimum atomic E-state index is -0.145. The molecule has 1 aromatic rings. The maximum atomic E-state index is 13.0. The molecule has 0 unspecified atom stereocenters. The quantitative estimate of drug-likeness (QED) is 0.748. The molecule has 0 aromatic heterocycles. The van der Waals surface area contributed by atoms with Crippen molar-refractivity contribution in [1.29, 1.82) is 0 Å². The van der Waals surface area contributed by atoms with Crippen molar-refractivity contribution >= 4 is 0 Å². The normalized spacial score (nSPS) is 26.4. The number of likely N-dealkylation sites (tertiary alicyclic amines) is 1. The van der Waals surface area contributed by atoms with Crippen LogP contribution in [0.3, 0.4) is 0 Å². The summed E-state index contributed by atoms with van der Waals surface area (Å²) < 4.78 is 13.0. The summed E-state index contributed by atoms with van der Waals surface area (Å²) >= 11 is 0. The Morgan fingerprint density at radius 1 is 1.24 bits per heavy atom. The van der Waals surface area contributed by atoms with Gasteiger partial charge in [0, 0.05) is 12.1 Å². The first kappa shape index (κ1) is 12.6. The average molecular weight is 235 g/mol. The SMILES string of the molecule is CC(C)N1CC[C@@H](C)C[C@H]1c1ccc(F)cc1. The molecule has 0 N–H and O–H groups in total. The molecular formula is C15H22FN. The molecular weight excluding hydrogens is 213 g/mol. The van der Waals surface area contributed by atoms with Crippen LogP contribution < -0.4 is 0 Å². The van der Waals surface area contributed by atoms with Crippen LogP contribution in [-0.2, 0) is 0 Å². The van der Waals surface area contributed by atoms with E-state index in [-0.39, 0.29) is 5.82 Å². The van der Waals surface area contributed by atoms with Gasteiger partial charge in [-0.15, -0.1) is 0 Å². The molecule has 0 saturated carbocycles. The van der Waals surface area contributed by atoms with Gasteiger partial charge >= 0.3 is 0 Å². The van der Waals surface area contributed by atoms with E-state index in [0.717, 1.165) is 12.5 Å². The molecule has 1 nitrogen and oxygen atoms in total.